The molecule has 1 N–H and O–H groups in total. The lowest BCUT2D eigenvalue weighted by molar-refractivity contribution is -0.149. The highest BCUT2D eigenvalue weighted by molar-refractivity contribution is 7.07. The minimum Gasteiger partial charge on any atom is -0.480 e. The summed E-state index contributed by atoms with van der Waals surface area (Å²) in [5.41, 5.74) is 1.17. The fourth-order valence-corrected chi connectivity index (χ4v) is 4.56. The Morgan fingerprint density at radius 1 is 1.33 bits per heavy atom. The zero-order valence-corrected chi connectivity index (χ0v) is 12.8. The number of aliphatic carboxylic acids is 1. The van der Waals surface area contributed by atoms with Gasteiger partial charge in [-0.1, -0.05) is 12.8 Å². The number of thiophene rings is 1. The first kappa shape index (κ1) is 14.6. The van der Waals surface area contributed by atoms with E-state index in [0.717, 1.165) is 19.3 Å². The van der Waals surface area contributed by atoms with Crippen LogP contribution >= 0.6 is 11.3 Å². The number of nitrogens with zero attached hydrogens (tertiary/aromatic N) is 1. The summed E-state index contributed by atoms with van der Waals surface area (Å²) >= 11 is 1.63. The van der Waals surface area contributed by atoms with Crippen LogP contribution in [-0.2, 0) is 16.0 Å². The number of hydrogen-bond donors (Lipinski definition) is 1. The van der Waals surface area contributed by atoms with E-state index in [1.54, 1.807) is 16.2 Å². The molecular formula is C16H21NO3S. The number of carboxylic acid groups (broad SMARTS) is 1. The molecule has 0 bridgehead atoms. The van der Waals surface area contributed by atoms with Gasteiger partial charge in [0.15, 0.2) is 0 Å². The Bertz CT molecular complexity index is 514. The predicted molar refractivity (Wildman–Crippen MR) is 81.3 cm³/mol. The average molecular weight is 307 g/mol. The predicted octanol–water partition coefficient (Wildman–Crippen LogP) is 2.93. The van der Waals surface area contributed by atoms with E-state index >= 15 is 0 Å². The Kier molecular flexibility index (Phi) is 4.29. The van der Waals surface area contributed by atoms with Gasteiger partial charge in [-0.15, -0.1) is 0 Å². The summed E-state index contributed by atoms with van der Waals surface area (Å²) in [7, 11) is 0. The van der Waals surface area contributed by atoms with Gasteiger partial charge in [-0.3, -0.25) is 4.79 Å². The second-order valence-electron chi connectivity index (χ2n) is 6.13. The summed E-state index contributed by atoms with van der Waals surface area (Å²) < 4.78 is 0. The number of hydrogen-bond acceptors (Lipinski definition) is 3. The lowest BCUT2D eigenvalue weighted by atomic mass is 9.84. The first-order valence-electron chi connectivity index (χ1n) is 7.72. The molecule has 3 atom stereocenters. The van der Waals surface area contributed by atoms with Crippen LogP contribution in [0.4, 0.5) is 0 Å². The second kappa shape index (κ2) is 6.18. The Labute approximate surface area is 128 Å². The number of fused-ring (bicyclic) bond motifs is 1. The SMILES string of the molecule is O=C(O)[C@@H]1C[C@@H]2CCCC[C@H]2N1C(=O)CCc1ccsc1. The summed E-state index contributed by atoms with van der Waals surface area (Å²) in [4.78, 5) is 25.8. The number of carboxylic acids is 1. The first-order valence-corrected chi connectivity index (χ1v) is 8.66. The molecule has 1 saturated carbocycles. The lowest BCUT2D eigenvalue weighted by Gasteiger charge is -2.33. The Hall–Kier alpha value is -1.36. The molecule has 3 rings (SSSR count). The summed E-state index contributed by atoms with van der Waals surface area (Å²) in [6.07, 6.45) is 6.10. The molecule has 2 fully saturated rings. The minimum atomic E-state index is -0.840. The Morgan fingerprint density at radius 2 is 2.14 bits per heavy atom. The van der Waals surface area contributed by atoms with Gasteiger partial charge in [-0.05, 0) is 54.0 Å². The van der Waals surface area contributed by atoms with E-state index in [-0.39, 0.29) is 11.9 Å². The smallest absolute Gasteiger partial charge is 0.326 e. The lowest BCUT2D eigenvalue weighted by Crippen LogP contribution is -2.46. The molecule has 1 aromatic rings. The van der Waals surface area contributed by atoms with E-state index in [4.69, 9.17) is 0 Å². The van der Waals surface area contributed by atoms with Gasteiger partial charge in [-0.2, -0.15) is 11.3 Å². The van der Waals surface area contributed by atoms with Crippen LogP contribution < -0.4 is 0 Å². The molecule has 0 spiro atoms. The molecule has 1 aromatic heterocycles. The van der Waals surface area contributed by atoms with E-state index in [1.807, 2.05) is 11.4 Å². The van der Waals surface area contributed by atoms with Crippen molar-refractivity contribution in [3.8, 4) is 0 Å². The maximum atomic E-state index is 12.6. The normalized spacial score (nSPS) is 28.4. The van der Waals surface area contributed by atoms with Crippen LogP contribution in [0.1, 0.15) is 44.1 Å². The number of likely N-dealkylation sites (tertiary alicyclic amines) is 1. The van der Waals surface area contributed by atoms with E-state index in [2.05, 4.69) is 5.38 Å². The molecule has 2 aliphatic rings. The molecule has 1 amide bonds. The van der Waals surface area contributed by atoms with Crippen molar-refractivity contribution in [1.82, 2.24) is 4.90 Å². The van der Waals surface area contributed by atoms with Crippen molar-refractivity contribution in [1.29, 1.82) is 0 Å². The molecule has 2 heterocycles. The summed E-state index contributed by atoms with van der Waals surface area (Å²) in [5.74, 6) is -0.429. The number of carbonyl (C=O) groups is 2. The van der Waals surface area contributed by atoms with Crippen molar-refractivity contribution in [2.24, 2.45) is 5.92 Å². The second-order valence-corrected chi connectivity index (χ2v) is 6.91. The number of aryl methyl sites for hydroxylation is 1. The highest BCUT2D eigenvalue weighted by Gasteiger charge is 2.47. The largest absolute Gasteiger partial charge is 0.480 e. The van der Waals surface area contributed by atoms with Crippen LogP contribution in [0.3, 0.4) is 0 Å². The van der Waals surface area contributed by atoms with Crippen molar-refractivity contribution in [3.63, 3.8) is 0 Å². The van der Waals surface area contributed by atoms with E-state index in [9.17, 15) is 14.7 Å². The fraction of sp³-hybridized carbons (Fsp3) is 0.625. The molecule has 0 unspecified atom stereocenters. The minimum absolute atomic E-state index is 0.0167. The van der Waals surface area contributed by atoms with E-state index < -0.39 is 12.0 Å². The van der Waals surface area contributed by atoms with Crippen molar-refractivity contribution in [2.75, 3.05) is 0 Å². The average Bonchev–Trinajstić information content (AvgIpc) is 3.11. The summed E-state index contributed by atoms with van der Waals surface area (Å²) in [6, 6.07) is 1.59. The standard InChI is InChI=1S/C16H21NO3S/c18-15(6-5-11-7-8-21-10-11)17-13-4-2-1-3-12(13)9-14(17)16(19)20/h7-8,10,12-14H,1-6,9H2,(H,19,20)/t12-,13+,14-/m0/s1. The van der Waals surface area contributed by atoms with Gasteiger partial charge in [-0.25, -0.2) is 4.79 Å². The summed E-state index contributed by atoms with van der Waals surface area (Å²) in [6.45, 7) is 0. The van der Waals surface area contributed by atoms with Gasteiger partial charge in [0, 0.05) is 12.5 Å². The van der Waals surface area contributed by atoms with Crippen LogP contribution in [0.15, 0.2) is 16.8 Å². The first-order chi connectivity index (χ1) is 10.2. The molecule has 0 aromatic carbocycles. The third-order valence-corrected chi connectivity index (χ3v) is 5.60. The van der Waals surface area contributed by atoms with Crippen molar-refractivity contribution < 1.29 is 14.7 Å². The molecule has 4 nitrogen and oxygen atoms in total. The molecular weight excluding hydrogens is 286 g/mol. The number of carbonyl (C=O) groups excluding carboxylic acids is 1. The van der Waals surface area contributed by atoms with E-state index in [1.165, 1.54) is 12.0 Å². The van der Waals surface area contributed by atoms with Crippen LogP contribution in [0, 0.1) is 5.92 Å². The van der Waals surface area contributed by atoms with E-state index in [0.29, 0.717) is 25.2 Å². The zero-order chi connectivity index (χ0) is 14.8. The number of amides is 1. The van der Waals surface area contributed by atoms with Gasteiger partial charge in [0.05, 0.1) is 0 Å². The van der Waals surface area contributed by atoms with Crippen molar-refractivity contribution >= 4 is 23.2 Å². The van der Waals surface area contributed by atoms with Gasteiger partial charge >= 0.3 is 5.97 Å². The maximum absolute atomic E-state index is 12.6. The fourth-order valence-electron chi connectivity index (χ4n) is 3.85. The zero-order valence-electron chi connectivity index (χ0n) is 12.0. The van der Waals surface area contributed by atoms with Crippen LogP contribution in [-0.4, -0.2) is 34.0 Å². The molecule has 5 heteroatoms. The molecule has 114 valence electrons. The number of rotatable bonds is 4. The van der Waals surface area contributed by atoms with Gasteiger partial charge in [0.1, 0.15) is 6.04 Å². The molecule has 1 saturated heterocycles. The van der Waals surface area contributed by atoms with Crippen molar-refractivity contribution in [2.45, 2.75) is 57.0 Å². The highest BCUT2D eigenvalue weighted by Crippen LogP contribution is 2.40. The highest BCUT2D eigenvalue weighted by atomic mass is 32.1. The quantitative estimate of drug-likeness (QED) is 0.930. The van der Waals surface area contributed by atoms with Crippen molar-refractivity contribution in [3.05, 3.63) is 22.4 Å². The topological polar surface area (TPSA) is 57.6 Å². The van der Waals surface area contributed by atoms with Crippen LogP contribution in [0.25, 0.3) is 0 Å². The van der Waals surface area contributed by atoms with Crippen LogP contribution in [0.5, 0.6) is 0 Å². The molecule has 1 aliphatic carbocycles. The third-order valence-electron chi connectivity index (χ3n) is 4.87. The van der Waals surface area contributed by atoms with Gasteiger partial charge in [0.2, 0.25) is 5.91 Å². The van der Waals surface area contributed by atoms with Gasteiger partial charge < -0.3 is 10.0 Å². The maximum Gasteiger partial charge on any atom is 0.326 e. The third kappa shape index (κ3) is 2.98. The summed E-state index contributed by atoms with van der Waals surface area (Å²) in [5, 5.41) is 13.5. The molecule has 0 radical (unpaired) electrons. The molecule has 1 aliphatic heterocycles. The van der Waals surface area contributed by atoms with Gasteiger partial charge in [0.25, 0.3) is 0 Å². The monoisotopic (exact) mass is 307 g/mol. The Balaban J connectivity index is 1.70. The molecule has 21 heavy (non-hydrogen) atoms. The Morgan fingerprint density at radius 3 is 2.86 bits per heavy atom. The van der Waals surface area contributed by atoms with Crippen LogP contribution in [0.2, 0.25) is 0 Å².